The van der Waals surface area contributed by atoms with Gasteiger partial charge in [-0.25, -0.2) is 10.2 Å². The molecule has 0 bridgehead atoms. The van der Waals surface area contributed by atoms with Crippen molar-refractivity contribution in [2.24, 2.45) is 0 Å². The second-order valence-electron chi connectivity index (χ2n) is 3.66. The maximum atomic E-state index is 11.5. The molecule has 0 radical (unpaired) electrons. The Balaban J connectivity index is 2.22. The van der Waals surface area contributed by atoms with Crippen molar-refractivity contribution < 1.29 is 14.3 Å². The minimum atomic E-state index is -0.441. The number of carbonyl (C=O) groups excluding carboxylic acids is 2. The van der Waals surface area contributed by atoms with Gasteiger partial charge in [0.1, 0.15) is 12.3 Å². The first-order valence-electron chi connectivity index (χ1n) is 5.10. The van der Waals surface area contributed by atoms with Crippen LogP contribution in [0.3, 0.4) is 0 Å². The molecule has 1 aliphatic rings. The van der Waals surface area contributed by atoms with Crippen LogP contribution >= 0.6 is 0 Å². The van der Waals surface area contributed by atoms with Gasteiger partial charge in [-0.1, -0.05) is 6.07 Å². The predicted octanol–water partition coefficient (Wildman–Crippen LogP) is 0.598. The summed E-state index contributed by atoms with van der Waals surface area (Å²) in [5, 5.41) is 1.49. The number of hydrogen-bond acceptors (Lipinski definition) is 4. The largest absolute Gasteiger partial charge is 0.497 e. The normalized spacial score (nSPS) is 15.9. The van der Waals surface area contributed by atoms with Crippen molar-refractivity contribution in [1.82, 2.24) is 10.3 Å². The standard InChI is InChI=1S/C11H13N3O3/c1-13-10(15)7-14(12-11(13)16)8-4-3-5-9(6-8)17-2/h3-6H,7H2,1-2H3,(H,12,16). The van der Waals surface area contributed by atoms with Crippen LogP contribution in [0.5, 0.6) is 5.75 Å². The van der Waals surface area contributed by atoms with Crippen LogP contribution in [0.2, 0.25) is 0 Å². The molecule has 1 aromatic rings. The number of imide groups is 1. The van der Waals surface area contributed by atoms with Crippen LogP contribution in [0.25, 0.3) is 0 Å². The van der Waals surface area contributed by atoms with Crippen LogP contribution < -0.4 is 15.2 Å². The van der Waals surface area contributed by atoms with Gasteiger partial charge in [0.15, 0.2) is 0 Å². The molecular formula is C11H13N3O3. The number of hydrogen-bond donors (Lipinski definition) is 1. The van der Waals surface area contributed by atoms with Gasteiger partial charge in [-0.3, -0.25) is 14.7 Å². The van der Waals surface area contributed by atoms with E-state index in [0.29, 0.717) is 11.4 Å². The average molecular weight is 235 g/mol. The lowest BCUT2D eigenvalue weighted by atomic mass is 10.3. The number of urea groups is 1. The van der Waals surface area contributed by atoms with Crippen LogP contribution in [0, 0.1) is 0 Å². The number of ether oxygens (including phenoxy) is 1. The lowest BCUT2D eigenvalue weighted by Crippen LogP contribution is -2.59. The number of hydrazine groups is 1. The quantitative estimate of drug-likeness (QED) is 0.815. The van der Waals surface area contributed by atoms with Crippen LogP contribution in [0.1, 0.15) is 0 Å². The SMILES string of the molecule is COc1cccc(N2CC(=O)N(C)C(=O)N2)c1. The highest BCUT2D eigenvalue weighted by atomic mass is 16.5. The van der Waals surface area contributed by atoms with E-state index in [2.05, 4.69) is 5.43 Å². The molecular weight excluding hydrogens is 222 g/mol. The molecule has 6 nitrogen and oxygen atoms in total. The Labute approximate surface area is 98.7 Å². The number of methoxy groups -OCH3 is 1. The van der Waals surface area contributed by atoms with E-state index in [1.807, 2.05) is 0 Å². The molecule has 1 N–H and O–H groups in total. The molecule has 6 heteroatoms. The molecule has 2 rings (SSSR count). The van der Waals surface area contributed by atoms with E-state index in [-0.39, 0.29) is 12.5 Å². The molecule has 1 aromatic carbocycles. The van der Waals surface area contributed by atoms with Crippen molar-refractivity contribution in [3.8, 4) is 5.75 Å². The van der Waals surface area contributed by atoms with E-state index in [0.717, 1.165) is 4.90 Å². The minimum absolute atomic E-state index is 0.107. The van der Waals surface area contributed by atoms with Gasteiger partial charge in [-0.05, 0) is 12.1 Å². The fourth-order valence-electron chi connectivity index (χ4n) is 1.52. The molecule has 1 fully saturated rings. The zero-order valence-corrected chi connectivity index (χ0v) is 9.64. The van der Waals surface area contributed by atoms with Crippen molar-refractivity contribution >= 4 is 17.6 Å². The lowest BCUT2D eigenvalue weighted by Gasteiger charge is -2.32. The molecule has 1 heterocycles. The van der Waals surface area contributed by atoms with E-state index in [1.54, 1.807) is 31.4 Å². The minimum Gasteiger partial charge on any atom is -0.497 e. The van der Waals surface area contributed by atoms with Gasteiger partial charge in [-0.15, -0.1) is 0 Å². The molecule has 0 aromatic heterocycles. The zero-order chi connectivity index (χ0) is 12.4. The highest BCUT2D eigenvalue weighted by Crippen LogP contribution is 2.20. The van der Waals surface area contributed by atoms with Crippen molar-refractivity contribution in [2.45, 2.75) is 0 Å². The second-order valence-corrected chi connectivity index (χ2v) is 3.66. The molecule has 0 saturated carbocycles. The number of nitrogens with zero attached hydrogens (tertiary/aromatic N) is 2. The number of benzene rings is 1. The summed E-state index contributed by atoms with van der Waals surface area (Å²) in [6, 6.07) is 6.69. The third kappa shape index (κ3) is 2.15. The fraction of sp³-hybridized carbons (Fsp3) is 0.273. The topological polar surface area (TPSA) is 61.9 Å². The summed E-state index contributed by atoms with van der Waals surface area (Å²) in [6.07, 6.45) is 0. The van der Waals surface area contributed by atoms with Crippen molar-refractivity contribution in [2.75, 3.05) is 25.7 Å². The summed E-state index contributed by atoms with van der Waals surface area (Å²) in [5.41, 5.74) is 3.32. The molecule has 0 spiro atoms. The second kappa shape index (κ2) is 4.32. The van der Waals surface area contributed by atoms with Crippen molar-refractivity contribution in [3.05, 3.63) is 24.3 Å². The number of anilines is 1. The fourth-order valence-corrected chi connectivity index (χ4v) is 1.52. The Bertz CT molecular complexity index is 443. The molecule has 0 unspecified atom stereocenters. The van der Waals surface area contributed by atoms with Gasteiger partial charge in [0, 0.05) is 13.1 Å². The summed E-state index contributed by atoms with van der Waals surface area (Å²) in [4.78, 5) is 24.1. The Hall–Kier alpha value is -2.24. The monoisotopic (exact) mass is 235 g/mol. The summed E-state index contributed by atoms with van der Waals surface area (Å²) in [5.74, 6) is 0.416. The molecule has 0 atom stereocenters. The number of amides is 3. The Morgan fingerprint density at radius 2 is 2.12 bits per heavy atom. The average Bonchev–Trinajstić information content (AvgIpc) is 2.35. The van der Waals surface area contributed by atoms with Crippen LogP contribution in [0.4, 0.5) is 10.5 Å². The van der Waals surface area contributed by atoms with E-state index in [1.165, 1.54) is 12.1 Å². The number of rotatable bonds is 2. The molecule has 17 heavy (non-hydrogen) atoms. The molecule has 3 amide bonds. The Morgan fingerprint density at radius 3 is 2.76 bits per heavy atom. The zero-order valence-electron chi connectivity index (χ0n) is 9.64. The summed E-state index contributed by atoms with van der Waals surface area (Å²) in [7, 11) is 3.01. The van der Waals surface area contributed by atoms with Crippen LogP contribution in [0.15, 0.2) is 24.3 Å². The first-order valence-corrected chi connectivity index (χ1v) is 5.10. The van der Waals surface area contributed by atoms with E-state index in [9.17, 15) is 9.59 Å². The van der Waals surface area contributed by atoms with Crippen LogP contribution in [-0.2, 0) is 4.79 Å². The smallest absolute Gasteiger partial charge is 0.342 e. The number of nitrogens with one attached hydrogen (secondary N) is 1. The van der Waals surface area contributed by atoms with Gasteiger partial charge < -0.3 is 4.74 Å². The highest BCUT2D eigenvalue weighted by molar-refractivity contribution is 5.99. The summed E-state index contributed by atoms with van der Waals surface area (Å²) >= 11 is 0. The van der Waals surface area contributed by atoms with Gasteiger partial charge in [0.2, 0.25) is 0 Å². The third-order valence-corrected chi connectivity index (χ3v) is 2.57. The number of carbonyl (C=O) groups is 2. The van der Waals surface area contributed by atoms with Gasteiger partial charge >= 0.3 is 6.03 Å². The molecule has 0 aliphatic carbocycles. The molecule has 90 valence electrons. The summed E-state index contributed by atoms with van der Waals surface area (Å²) < 4.78 is 5.09. The molecule has 1 aliphatic heterocycles. The predicted molar refractivity (Wildman–Crippen MR) is 61.6 cm³/mol. The van der Waals surface area contributed by atoms with Gasteiger partial charge in [0.05, 0.1) is 12.8 Å². The Morgan fingerprint density at radius 1 is 1.35 bits per heavy atom. The van der Waals surface area contributed by atoms with Crippen molar-refractivity contribution in [3.63, 3.8) is 0 Å². The lowest BCUT2D eigenvalue weighted by molar-refractivity contribution is -0.126. The van der Waals surface area contributed by atoms with Crippen molar-refractivity contribution in [1.29, 1.82) is 0 Å². The van der Waals surface area contributed by atoms with Gasteiger partial charge in [-0.2, -0.15) is 0 Å². The van der Waals surface area contributed by atoms with E-state index in [4.69, 9.17) is 4.74 Å². The maximum Gasteiger partial charge on any atom is 0.342 e. The first kappa shape index (κ1) is 11.3. The Kier molecular flexibility index (Phi) is 2.86. The number of likely N-dealkylation sites (N-methyl/N-ethyl adjacent to an activating group) is 1. The molecule has 1 saturated heterocycles. The summed E-state index contributed by atoms with van der Waals surface area (Å²) in [6.45, 7) is 0.107. The van der Waals surface area contributed by atoms with E-state index < -0.39 is 6.03 Å². The third-order valence-electron chi connectivity index (χ3n) is 2.57. The van der Waals surface area contributed by atoms with E-state index >= 15 is 0 Å². The van der Waals surface area contributed by atoms with Crippen LogP contribution in [-0.4, -0.2) is 37.5 Å². The van der Waals surface area contributed by atoms with Gasteiger partial charge in [0.25, 0.3) is 5.91 Å². The highest BCUT2D eigenvalue weighted by Gasteiger charge is 2.27. The first-order chi connectivity index (χ1) is 8.11. The maximum absolute atomic E-state index is 11.5.